The Balaban J connectivity index is 0.00000256. The number of nitrogens with zero attached hydrogens (tertiary/aromatic N) is 3. The van der Waals surface area contributed by atoms with Crippen LogP contribution < -0.4 is 0 Å². The Morgan fingerprint density at radius 3 is 2.25 bits per heavy atom. The maximum atomic E-state index is 11.2. The van der Waals surface area contributed by atoms with E-state index in [1.165, 1.54) is 6.92 Å². The summed E-state index contributed by atoms with van der Waals surface area (Å²) in [5, 5.41) is 30.8. The molecule has 2 aromatic rings. The van der Waals surface area contributed by atoms with E-state index in [0.29, 0.717) is 29.1 Å². The molecule has 1 aliphatic carbocycles. The van der Waals surface area contributed by atoms with Crippen molar-refractivity contribution in [2.75, 3.05) is 18.8 Å². The van der Waals surface area contributed by atoms with Gasteiger partial charge in [0, 0.05) is 77.8 Å². The van der Waals surface area contributed by atoms with Gasteiger partial charge >= 0.3 is 0 Å². The molecule has 8 nitrogen and oxygen atoms in total. The summed E-state index contributed by atoms with van der Waals surface area (Å²) in [5.41, 5.74) is 0.431. The first-order chi connectivity index (χ1) is 14.1. The molecule has 3 rings (SSSR count). The van der Waals surface area contributed by atoms with E-state index < -0.39 is 27.5 Å². The largest absolute Gasteiger partial charge is 0.507 e. The summed E-state index contributed by atoms with van der Waals surface area (Å²) in [6.45, 7) is 3.55. The van der Waals surface area contributed by atoms with E-state index in [9.17, 15) is 18.6 Å². The molecule has 2 unspecified atom stereocenters. The van der Waals surface area contributed by atoms with Crippen LogP contribution in [-0.4, -0.2) is 112 Å². The average Bonchev–Trinajstić information content (AvgIpc) is 2.70. The number of hydrogen-bond acceptors (Lipinski definition) is 7. The molecule has 2 aromatic carbocycles. The second-order valence-corrected chi connectivity index (χ2v) is 8.82. The molecule has 11 heteroatoms. The number of benzene rings is 2. The molecule has 0 spiro atoms. The van der Waals surface area contributed by atoms with Gasteiger partial charge in [-0.3, -0.25) is 4.55 Å². The van der Waals surface area contributed by atoms with Crippen LogP contribution in [0.3, 0.4) is 0 Å². The molecule has 2 atom stereocenters. The summed E-state index contributed by atoms with van der Waals surface area (Å²) < 4.78 is 31.6. The standard InChI is InChI=1S/C21H25N3O5S.2Na/c1-3-24(13-14-30(27,28)29)18-16-11-7-8-12-17(16)19(21(2,26)20(18)25)23-22-15-9-5-4-6-10-15;;/h4-12,19,25-26H,3,13-14H2,1-2H3,(H,27,28,29);;. The molecular formula is C21H25N3Na2O5S. The van der Waals surface area contributed by atoms with Crippen molar-refractivity contribution in [3.05, 3.63) is 71.5 Å². The van der Waals surface area contributed by atoms with Crippen LogP contribution in [0.25, 0.3) is 5.70 Å². The van der Waals surface area contributed by atoms with E-state index in [4.69, 9.17) is 4.55 Å². The Bertz CT molecular complexity index is 1080. The summed E-state index contributed by atoms with van der Waals surface area (Å²) >= 11 is 0. The fourth-order valence-corrected chi connectivity index (χ4v) is 3.97. The van der Waals surface area contributed by atoms with Crippen LogP contribution in [0.1, 0.15) is 31.0 Å². The molecule has 3 N–H and O–H groups in total. The van der Waals surface area contributed by atoms with Crippen molar-refractivity contribution in [3.63, 3.8) is 0 Å². The van der Waals surface area contributed by atoms with Crippen molar-refractivity contribution in [1.29, 1.82) is 0 Å². The summed E-state index contributed by atoms with van der Waals surface area (Å²) in [7, 11) is -4.18. The maximum Gasteiger partial charge on any atom is 0.266 e. The fourth-order valence-electron chi connectivity index (χ4n) is 3.52. The molecule has 32 heavy (non-hydrogen) atoms. The van der Waals surface area contributed by atoms with Gasteiger partial charge in [-0.1, -0.05) is 42.5 Å². The maximum absolute atomic E-state index is 11.2. The third-order valence-corrected chi connectivity index (χ3v) is 5.81. The van der Waals surface area contributed by atoms with Gasteiger partial charge in [-0.2, -0.15) is 18.6 Å². The predicted octanol–water partition coefficient (Wildman–Crippen LogP) is 2.95. The van der Waals surface area contributed by atoms with Crippen LogP contribution in [0, 0.1) is 0 Å². The predicted molar refractivity (Wildman–Crippen MR) is 125 cm³/mol. The number of hydrogen-bond donors (Lipinski definition) is 3. The van der Waals surface area contributed by atoms with E-state index in [1.54, 1.807) is 48.2 Å². The van der Waals surface area contributed by atoms with E-state index >= 15 is 0 Å². The second kappa shape index (κ2) is 12.1. The van der Waals surface area contributed by atoms with Gasteiger partial charge in [0.2, 0.25) is 0 Å². The SMILES string of the molecule is CCN(CCS(=O)(=O)O)C1=C(O)C(C)(O)C(N=Nc2ccccc2)c2ccccc21.[Na].[Na]. The van der Waals surface area contributed by atoms with Crippen molar-refractivity contribution in [2.24, 2.45) is 10.2 Å². The quantitative estimate of drug-likeness (QED) is 0.320. The zero-order chi connectivity index (χ0) is 21.9. The minimum atomic E-state index is -4.18. The first kappa shape index (κ1) is 29.3. The van der Waals surface area contributed by atoms with Gasteiger partial charge in [-0.25, -0.2) is 0 Å². The van der Waals surface area contributed by atoms with Crippen LogP contribution in [0.2, 0.25) is 0 Å². The monoisotopic (exact) mass is 477 g/mol. The molecule has 1 aliphatic rings. The van der Waals surface area contributed by atoms with Gasteiger partial charge in [0.15, 0.2) is 5.76 Å². The number of aliphatic hydroxyl groups is 2. The molecule has 2 radical (unpaired) electrons. The molecular weight excluding hydrogens is 452 g/mol. The van der Waals surface area contributed by atoms with Crippen molar-refractivity contribution in [2.45, 2.75) is 25.5 Å². The van der Waals surface area contributed by atoms with Crippen molar-refractivity contribution in [1.82, 2.24) is 4.90 Å². The Morgan fingerprint density at radius 2 is 1.66 bits per heavy atom. The minimum Gasteiger partial charge on any atom is -0.507 e. The molecule has 0 amide bonds. The van der Waals surface area contributed by atoms with E-state index in [2.05, 4.69) is 10.2 Å². The molecule has 0 bridgehead atoms. The van der Waals surface area contributed by atoms with Gasteiger partial charge in [-0.15, -0.1) is 0 Å². The third kappa shape index (κ3) is 6.65. The minimum absolute atomic E-state index is 0. The molecule has 0 aromatic heterocycles. The van der Waals surface area contributed by atoms with Crippen molar-refractivity contribution in [3.8, 4) is 0 Å². The number of azo groups is 1. The average molecular weight is 477 g/mol. The van der Waals surface area contributed by atoms with Crippen LogP contribution in [0.15, 0.2) is 70.6 Å². The van der Waals surface area contributed by atoms with E-state index in [-0.39, 0.29) is 71.4 Å². The molecule has 0 saturated carbocycles. The summed E-state index contributed by atoms with van der Waals surface area (Å²) in [6.07, 6.45) is 0. The van der Waals surface area contributed by atoms with Crippen molar-refractivity contribution < 1.29 is 23.2 Å². The third-order valence-electron chi connectivity index (χ3n) is 5.11. The number of rotatable bonds is 7. The van der Waals surface area contributed by atoms with Gasteiger partial charge in [-0.05, 0) is 31.5 Å². The van der Waals surface area contributed by atoms with Crippen LogP contribution in [0.4, 0.5) is 5.69 Å². The first-order valence-electron chi connectivity index (χ1n) is 9.56. The zero-order valence-corrected chi connectivity index (χ0v) is 23.6. The van der Waals surface area contributed by atoms with Crippen LogP contribution in [0.5, 0.6) is 0 Å². The zero-order valence-electron chi connectivity index (χ0n) is 18.8. The molecule has 0 heterocycles. The van der Waals surface area contributed by atoms with Gasteiger partial charge in [0.25, 0.3) is 10.1 Å². The van der Waals surface area contributed by atoms with Crippen molar-refractivity contribution >= 4 is 80.6 Å². The molecule has 0 aliphatic heterocycles. The van der Waals surface area contributed by atoms with Crippen LogP contribution >= 0.6 is 0 Å². The Labute approximate surface area is 232 Å². The molecule has 0 fully saturated rings. The van der Waals surface area contributed by atoms with Gasteiger partial charge < -0.3 is 15.1 Å². The normalized spacial score (nSPS) is 20.3. The molecule has 162 valence electrons. The first-order valence-corrected chi connectivity index (χ1v) is 11.2. The number of aliphatic hydroxyl groups excluding tert-OH is 1. The fraction of sp³-hybridized carbons (Fsp3) is 0.333. The van der Waals surface area contributed by atoms with E-state index in [0.717, 1.165) is 0 Å². The Hall–Kier alpha value is -0.750. The smallest absolute Gasteiger partial charge is 0.266 e. The molecule has 0 saturated heterocycles. The number of fused-ring (bicyclic) bond motifs is 1. The van der Waals surface area contributed by atoms with Gasteiger partial charge in [0.1, 0.15) is 11.6 Å². The van der Waals surface area contributed by atoms with Crippen LogP contribution in [-0.2, 0) is 10.1 Å². The Kier molecular flexibility index (Phi) is 11.1. The topological polar surface area (TPSA) is 123 Å². The summed E-state index contributed by atoms with van der Waals surface area (Å²) in [4.78, 5) is 1.61. The summed E-state index contributed by atoms with van der Waals surface area (Å²) in [6, 6.07) is 15.4. The summed E-state index contributed by atoms with van der Waals surface area (Å²) in [5.74, 6) is -0.825. The second-order valence-electron chi connectivity index (χ2n) is 7.25. The Morgan fingerprint density at radius 1 is 1.06 bits per heavy atom. The van der Waals surface area contributed by atoms with Gasteiger partial charge in [0.05, 0.1) is 17.1 Å². The van der Waals surface area contributed by atoms with E-state index in [1.807, 2.05) is 18.2 Å².